The van der Waals surface area contributed by atoms with E-state index in [0.29, 0.717) is 37.2 Å². The molecule has 0 spiro atoms. The zero-order chi connectivity index (χ0) is 29.8. The Hall–Kier alpha value is -4.29. The fourth-order valence-corrected chi connectivity index (χ4v) is 6.18. The van der Waals surface area contributed by atoms with Gasteiger partial charge >= 0.3 is 18.3 Å². The van der Waals surface area contributed by atoms with Crippen molar-refractivity contribution in [3.05, 3.63) is 76.7 Å². The number of urea groups is 1. The molecule has 0 saturated carbocycles. The standard InChI is InChI=1S/C29H30F4N6O3/c1-18-5-4-8-24(30)25(18)35-11-9-21(10-12-35)37-14-20-15-39(22-16-36(17-22)28(41)42)34-26(20)38(27(37)40)13-19-6-2-3-7-23(19)29(31,32)33/h2-8,15,21-22H,9-14,16-17H2,1H3,(H,41,42). The molecule has 0 radical (unpaired) electrons. The van der Waals surface area contributed by atoms with Crippen LogP contribution in [0.1, 0.15) is 41.1 Å². The molecule has 1 N–H and O–H groups in total. The van der Waals surface area contributed by atoms with Crippen molar-refractivity contribution in [2.45, 2.75) is 51.1 Å². The molecule has 0 aliphatic carbocycles. The fourth-order valence-electron chi connectivity index (χ4n) is 6.18. The van der Waals surface area contributed by atoms with E-state index in [4.69, 9.17) is 0 Å². The minimum atomic E-state index is -4.60. The number of rotatable bonds is 5. The summed E-state index contributed by atoms with van der Waals surface area (Å²) in [5.41, 5.74) is 1.18. The fraction of sp³-hybridized carbons (Fsp3) is 0.414. The number of nitrogens with zero attached hydrogens (tertiary/aromatic N) is 6. The summed E-state index contributed by atoms with van der Waals surface area (Å²) < 4.78 is 57.8. The maximum Gasteiger partial charge on any atom is 0.416 e. The molecule has 1 aromatic heterocycles. The van der Waals surface area contributed by atoms with E-state index in [0.717, 1.165) is 11.6 Å². The van der Waals surface area contributed by atoms with Crippen LogP contribution < -0.4 is 9.80 Å². The molecule has 3 aliphatic rings. The second-order valence-electron chi connectivity index (χ2n) is 11.1. The van der Waals surface area contributed by atoms with Gasteiger partial charge < -0.3 is 19.8 Å². The Bertz CT molecular complexity index is 1490. The van der Waals surface area contributed by atoms with Crippen molar-refractivity contribution in [3.63, 3.8) is 0 Å². The summed E-state index contributed by atoms with van der Waals surface area (Å²) in [6.45, 7) is 3.26. The molecule has 6 rings (SSSR count). The minimum Gasteiger partial charge on any atom is -0.465 e. The van der Waals surface area contributed by atoms with Crippen LogP contribution in [0, 0.1) is 12.7 Å². The number of carbonyl (C=O) groups excluding carboxylic acids is 1. The van der Waals surface area contributed by atoms with E-state index < -0.39 is 23.9 Å². The van der Waals surface area contributed by atoms with Gasteiger partial charge in [-0.2, -0.15) is 18.3 Å². The third-order valence-electron chi connectivity index (χ3n) is 8.43. The van der Waals surface area contributed by atoms with Crippen molar-refractivity contribution < 1.29 is 32.3 Å². The number of piperidine rings is 1. The molecule has 0 atom stereocenters. The first kappa shape index (κ1) is 27.9. The molecule has 2 saturated heterocycles. The number of fused-ring (bicyclic) bond motifs is 1. The van der Waals surface area contributed by atoms with Gasteiger partial charge in [0.25, 0.3) is 0 Å². The summed E-state index contributed by atoms with van der Waals surface area (Å²) in [4.78, 5) is 31.4. The van der Waals surface area contributed by atoms with Gasteiger partial charge in [-0.3, -0.25) is 9.58 Å². The topological polar surface area (TPSA) is 85.2 Å². The van der Waals surface area contributed by atoms with Gasteiger partial charge in [-0.1, -0.05) is 30.3 Å². The molecule has 4 heterocycles. The Labute approximate surface area is 239 Å². The lowest BCUT2D eigenvalue weighted by Gasteiger charge is -2.43. The van der Waals surface area contributed by atoms with E-state index in [1.807, 2.05) is 17.9 Å². The number of anilines is 2. The first-order valence-corrected chi connectivity index (χ1v) is 13.8. The molecule has 0 bridgehead atoms. The van der Waals surface area contributed by atoms with Gasteiger partial charge in [0, 0.05) is 44.0 Å². The zero-order valence-electron chi connectivity index (χ0n) is 22.9. The molecule has 3 aliphatic heterocycles. The molecule has 9 nitrogen and oxygen atoms in total. The van der Waals surface area contributed by atoms with E-state index >= 15 is 0 Å². The smallest absolute Gasteiger partial charge is 0.416 e. The van der Waals surface area contributed by atoms with Crippen LogP contribution in [-0.2, 0) is 19.3 Å². The molecule has 0 unspecified atom stereocenters. The zero-order valence-corrected chi connectivity index (χ0v) is 22.9. The number of hydrogen-bond acceptors (Lipinski definition) is 4. The predicted octanol–water partition coefficient (Wildman–Crippen LogP) is 5.50. The van der Waals surface area contributed by atoms with Crippen molar-refractivity contribution in [3.8, 4) is 0 Å². The lowest BCUT2D eigenvalue weighted by molar-refractivity contribution is -0.138. The number of likely N-dealkylation sites (tertiary alicyclic amines) is 1. The average molecular weight is 587 g/mol. The third kappa shape index (κ3) is 5.01. The van der Waals surface area contributed by atoms with E-state index in [9.17, 15) is 32.3 Å². The molecule has 3 amide bonds. The molecule has 2 fully saturated rings. The lowest BCUT2D eigenvalue weighted by atomic mass is 10.00. The quantitative estimate of drug-likeness (QED) is 0.400. The Morgan fingerprint density at radius 1 is 1.05 bits per heavy atom. The number of para-hydroxylation sites is 1. The molecular weight excluding hydrogens is 556 g/mol. The lowest BCUT2D eigenvalue weighted by Crippen LogP contribution is -2.54. The highest BCUT2D eigenvalue weighted by molar-refractivity contribution is 5.94. The molecule has 3 aromatic rings. The molecular formula is C29H30F4N6O3. The molecule has 42 heavy (non-hydrogen) atoms. The molecule has 222 valence electrons. The van der Waals surface area contributed by atoms with E-state index in [1.54, 1.807) is 21.8 Å². The van der Waals surface area contributed by atoms with Gasteiger partial charge in [-0.15, -0.1) is 0 Å². The second-order valence-corrected chi connectivity index (χ2v) is 11.1. The van der Waals surface area contributed by atoms with Gasteiger partial charge in [-0.25, -0.2) is 14.0 Å². The van der Waals surface area contributed by atoms with Crippen LogP contribution in [0.2, 0.25) is 0 Å². The number of alkyl halides is 3. The van der Waals surface area contributed by atoms with Crippen molar-refractivity contribution in [2.75, 3.05) is 36.0 Å². The maximum atomic E-state index is 14.6. The Kier molecular flexibility index (Phi) is 6.98. The monoisotopic (exact) mass is 586 g/mol. The number of aryl methyl sites for hydroxylation is 1. The number of amides is 3. The summed E-state index contributed by atoms with van der Waals surface area (Å²) in [6.07, 6.45) is -2.75. The Morgan fingerprint density at radius 2 is 1.76 bits per heavy atom. The normalized spacial score (nSPS) is 18.4. The number of carbonyl (C=O) groups is 2. The van der Waals surface area contributed by atoms with Gasteiger partial charge in [0.2, 0.25) is 0 Å². The largest absolute Gasteiger partial charge is 0.465 e. The van der Waals surface area contributed by atoms with Crippen LogP contribution in [0.5, 0.6) is 0 Å². The van der Waals surface area contributed by atoms with Crippen LogP contribution in [0.4, 0.5) is 38.7 Å². The highest BCUT2D eigenvalue weighted by Gasteiger charge is 2.41. The number of aromatic nitrogens is 2. The Morgan fingerprint density at radius 3 is 2.43 bits per heavy atom. The highest BCUT2D eigenvalue weighted by Crippen LogP contribution is 2.38. The number of halogens is 4. The van der Waals surface area contributed by atoms with Gasteiger partial charge in [0.1, 0.15) is 5.82 Å². The summed E-state index contributed by atoms with van der Waals surface area (Å²) in [7, 11) is 0. The summed E-state index contributed by atoms with van der Waals surface area (Å²) in [5.74, 6) is -0.0204. The number of carboxylic acid groups (broad SMARTS) is 1. The van der Waals surface area contributed by atoms with Gasteiger partial charge in [0.05, 0.1) is 30.4 Å². The van der Waals surface area contributed by atoms with E-state index in [1.165, 1.54) is 34.1 Å². The summed E-state index contributed by atoms with van der Waals surface area (Å²) in [5, 5.41) is 13.8. The van der Waals surface area contributed by atoms with Crippen molar-refractivity contribution >= 4 is 23.6 Å². The minimum absolute atomic E-state index is 0.0498. The van der Waals surface area contributed by atoms with E-state index in [2.05, 4.69) is 5.10 Å². The number of hydrogen-bond donors (Lipinski definition) is 1. The van der Waals surface area contributed by atoms with E-state index in [-0.39, 0.29) is 55.5 Å². The summed E-state index contributed by atoms with van der Waals surface area (Å²) >= 11 is 0. The summed E-state index contributed by atoms with van der Waals surface area (Å²) in [6, 6.07) is 9.25. The van der Waals surface area contributed by atoms with Gasteiger partial charge in [0.15, 0.2) is 5.82 Å². The van der Waals surface area contributed by atoms with Crippen LogP contribution in [0.25, 0.3) is 0 Å². The molecule has 2 aromatic carbocycles. The maximum absolute atomic E-state index is 14.6. The Balaban J connectivity index is 1.28. The van der Waals surface area contributed by atoms with Crippen LogP contribution in [0.3, 0.4) is 0 Å². The average Bonchev–Trinajstić information content (AvgIpc) is 3.32. The van der Waals surface area contributed by atoms with Crippen LogP contribution in [0.15, 0.2) is 48.7 Å². The SMILES string of the molecule is Cc1cccc(F)c1N1CCC(N2Cc3cn(C4CN(C(=O)O)C4)nc3N(Cc3ccccc3C(F)(F)F)C2=O)CC1. The first-order chi connectivity index (χ1) is 20.0. The van der Waals surface area contributed by atoms with Crippen molar-refractivity contribution in [1.82, 2.24) is 19.6 Å². The predicted molar refractivity (Wildman–Crippen MR) is 146 cm³/mol. The van der Waals surface area contributed by atoms with Gasteiger partial charge in [-0.05, 0) is 43.0 Å². The highest BCUT2D eigenvalue weighted by atomic mass is 19.4. The molecule has 13 heteroatoms. The third-order valence-corrected chi connectivity index (χ3v) is 8.43. The first-order valence-electron chi connectivity index (χ1n) is 13.8. The second kappa shape index (κ2) is 10.5. The van der Waals surface area contributed by atoms with Crippen molar-refractivity contribution in [2.24, 2.45) is 0 Å². The van der Waals surface area contributed by atoms with Crippen LogP contribution >= 0.6 is 0 Å². The van der Waals surface area contributed by atoms with Crippen LogP contribution in [-0.4, -0.2) is 69.0 Å². The number of benzene rings is 2. The van der Waals surface area contributed by atoms with Crippen molar-refractivity contribution in [1.29, 1.82) is 0 Å².